The fourth-order valence-electron chi connectivity index (χ4n) is 3.42. The van der Waals surface area contributed by atoms with Gasteiger partial charge in [0.25, 0.3) is 0 Å². The Kier molecular flexibility index (Phi) is 3.06. The predicted molar refractivity (Wildman–Crippen MR) is 81.3 cm³/mol. The van der Waals surface area contributed by atoms with Crippen LogP contribution < -0.4 is 10.1 Å². The third-order valence-electron chi connectivity index (χ3n) is 4.45. The van der Waals surface area contributed by atoms with Crippen LogP contribution in [0.2, 0.25) is 0 Å². The number of para-hydroxylation sites is 1. The quantitative estimate of drug-likeness (QED) is 0.901. The van der Waals surface area contributed by atoms with Crippen LogP contribution in [0, 0.1) is 5.82 Å². The minimum atomic E-state index is -0.178. The summed E-state index contributed by atoms with van der Waals surface area (Å²) in [6, 6.07) is 13.7. The van der Waals surface area contributed by atoms with Gasteiger partial charge in [-0.05, 0) is 42.7 Å². The fourth-order valence-corrected chi connectivity index (χ4v) is 3.42. The number of hydrogen-bond acceptors (Lipinski definition) is 2. The van der Waals surface area contributed by atoms with E-state index < -0.39 is 0 Å². The monoisotopic (exact) mass is 283 g/mol. The largest absolute Gasteiger partial charge is 0.490 e. The Labute approximate surface area is 123 Å². The van der Waals surface area contributed by atoms with E-state index in [4.69, 9.17) is 4.74 Å². The first-order valence-electron chi connectivity index (χ1n) is 7.57. The van der Waals surface area contributed by atoms with Crippen LogP contribution >= 0.6 is 0 Å². The van der Waals surface area contributed by atoms with Crippen LogP contribution in [0.25, 0.3) is 0 Å². The molecule has 2 heterocycles. The van der Waals surface area contributed by atoms with Gasteiger partial charge >= 0.3 is 0 Å². The van der Waals surface area contributed by atoms with E-state index in [9.17, 15) is 4.39 Å². The van der Waals surface area contributed by atoms with Gasteiger partial charge in [0, 0.05) is 30.1 Å². The van der Waals surface area contributed by atoms with Crippen LogP contribution in [0.4, 0.5) is 10.1 Å². The van der Waals surface area contributed by atoms with E-state index in [1.807, 2.05) is 0 Å². The van der Waals surface area contributed by atoms with Crippen molar-refractivity contribution in [3.63, 3.8) is 0 Å². The predicted octanol–water partition coefficient (Wildman–Crippen LogP) is 3.95. The Morgan fingerprint density at radius 2 is 2.05 bits per heavy atom. The summed E-state index contributed by atoms with van der Waals surface area (Å²) in [5, 5.41) is 3.61. The van der Waals surface area contributed by atoms with Gasteiger partial charge in [-0.15, -0.1) is 0 Å². The first-order valence-corrected chi connectivity index (χ1v) is 7.57. The van der Waals surface area contributed by atoms with Gasteiger partial charge in [0.05, 0.1) is 0 Å². The van der Waals surface area contributed by atoms with Crippen LogP contribution in [0.3, 0.4) is 0 Å². The molecule has 2 nitrogen and oxygen atoms in total. The van der Waals surface area contributed by atoms with Crippen molar-refractivity contribution in [2.75, 3.05) is 5.32 Å². The summed E-state index contributed by atoms with van der Waals surface area (Å²) >= 11 is 0. The summed E-state index contributed by atoms with van der Waals surface area (Å²) in [6.07, 6.45) is 4.17. The van der Waals surface area contributed by atoms with Gasteiger partial charge in [0.15, 0.2) is 0 Å². The molecule has 1 N–H and O–H groups in total. The zero-order chi connectivity index (χ0) is 14.2. The standard InChI is InChI=1S/C18H18FNO/c19-14-6-8-18-13(9-14)10-16(21-18)11-15-7-5-12-3-1-2-4-17(12)20-15/h1-4,6,8-9,15-16,20H,5,7,10-11H2. The lowest BCUT2D eigenvalue weighted by Crippen LogP contribution is -2.31. The molecule has 0 amide bonds. The molecule has 3 heteroatoms. The Morgan fingerprint density at radius 1 is 1.14 bits per heavy atom. The maximum Gasteiger partial charge on any atom is 0.123 e. The normalized spacial score (nSPS) is 22.9. The van der Waals surface area contributed by atoms with Crippen LogP contribution in [0.15, 0.2) is 42.5 Å². The SMILES string of the molecule is Fc1ccc2c(c1)CC(CC1CCc3ccccc3N1)O2. The second-order valence-corrected chi connectivity index (χ2v) is 5.97. The van der Waals surface area contributed by atoms with E-state index in [1.54, 1.807) is 12.1 Å². The molecule has 2 aromatic carbocycles. The molecule has 0 bridgehead atoms. The van der Waals surface area contributed by atoms with Crippen LogP contribution in [-0.4, -0.2) is 12.1 Å². The van der Waals surface area contributed by atoms with Crippen molar-refractivity contribution in [1.29, 1.82) is 0 Å². The van der Waals surface area contributed by atoms with Crippen LogP contribution in [0.1, 0.15) is 24.0 Å². The van der Waals surface area contributed by atoms with E-state index in [0.717, 1.165) is 37.0 Å². The van der Waals surface area contributed by atoms with Gasteiger partial charge < -0.3 is 10.1 Å². The zero-order valence-corrected chi connectivity index (χ0v) is 11.8. The molecule has 2 unspecified atom stereocenters. The molecule has 0 saturated heterocycles. The summed E-state index contributed by atoms with van der Waals surface area (Å²) < 4.78 is 19.2. The second kappa shape index (κ2) is 5.06. The Hall–Kier alpha value is -2.03. The molecule has 0 fully saturated rings. The average molecular weight is 283 g/mol. The van der Waals surface area contributed by atoms with Gasteiger partial charge in [-0.1, -0.05) is 18.2 Å². The zero-order valence-electron chi connectivity index (χ0n) is 11.8. The molecule has 2 aliphatic rings. The van der Waals surface area contributed by atoms with Crippen molar-refractivity contribution >= 4 is 5.69 Å². The topological polar surface area (TPSA) is 21.3 Å². The summed E-state index contributed by atoms with van der Waals surface area (Å²) in [5.41, 5.74) is 3.64. The van der Waals surface area contributed by atoms with Crippen molar-refractivity contribution < 1.29 is 9.13 Å². The highest BCUT2D eigenvalue weighted by Crippen LogP contribution is 2.33. The van der Waals surface area contributed by atoms with E-state index in [-0.39, 0.29) is 11.9 Å². The lowest BCUT2D eigenvalue weighted by molar-refractivity contribution is 0.210. The van der Waals surface area contributed by atoms with Crippen molar-refractivity contribution in [1.82, 2.24) is 0 Å². The first kappa shape index (κ1) is 12.7. The van der Waals surface area contributed by atoms with Gasteiger partial charge in [-0.25, -0.2) is 4.39 Å². The summed E-state index contributed by atoms with van der Waals surface area (Å²) in [6.45, 7) is 0. The molecule has 0 radical (unpaired) electrons. The van der Waals surface area contributed by atoms with E-state index in [0.29, 0.717) is 6.04 Å². The maximum atomic E-state index is 13.2. The fraction of sp³-hybridized carbons (Fsp3) is 0.333. The maximum absolute atomic E-state index is 13.2. The number of fused-ring (bicyclic) bond motifs is 2. The molecule has 0 spiro atoms. The van der Waals surface area contributed by atoms with Gasteiger partial charge in [0.1, 0.15) is 17.7 Å². The average Bonchev–Trinajstić information content (AvgIpc) is 2.88. The number of hydrogen-bond donors (Lipinski definition) is 1. The Bertz CT molecular complexity index is 670. The molecular formula is C18H18FNO. The Balaban J connectivity index is 1.43. The molecule has 0 aliphatic carbocycles. The minimum absolute atomic E-state index is 0.157. The third-order valence-corrected chi connectivity index (χ3v) is 4.45. The molecule has 0 aromatic heterocycles. The number of benzene rings is 2. The van der Waals surface area contributed by atoms with Gasteiger partial charge in [-0.3, -0.25) is 0 Å². The number of halogens is 1. The summed E-state index contributed by atoms with van der Waals surface area (Å²) in [5.74, 6) is 0.667. The number of anilines is 1. The van der Waals surface area contributed by atoms with Crippen molar-refractivity contribution in [2.45, 2.75) is 37.8 Å². The first-order chi connectivity index (χ1) is 10.3. The molecule has 0 saturated carbocycles. The minimum Gasteiger partial charge on any atom is -0.490 e. The lowest BCUT2D eigenvalue weighted by atomic mass is 9.93. The number of aryl methyl sites for hydroxylation is 1. The molecule has 2 aromatic rings. The van der Waals surface area contributed by atoms with Crippen LogP contribution in [-0.2, 0) is 12.8 Å². The number of nitrogens with one attached hydrogen (secondary N) is 1. The van der Waals surface area contributed by atoms with Gasteiger partial charge in [-0.2, -0.15) is 0 Å². The molecular weight excluding hydrogens is 265 g/mol. The van der Waals surface area contributed by atoms with Crippen molar-refractivity contribution in [3.8, 4) is 5.75 Å². The molecule has 2 atom stereocenters. The van der Waals surface area contributed by atoms with Crippen LogP contribution in [0.5, 0.6) is 5.75 Å². The van der Waals surface area contributed by atoms with Gasteiger partial charge in [0.2, 0.25) is 0 Å². The number of rotatable bonds is 2. The molecule has 21 heavy (non-hydrogen) atoms. The highest BCUT2D eigenvalue weighted by Gasteiger charge is 2.27. The van der Waals surface area contributed by atoms with Crippen molar-refractivity contribution in [3.05, 3.63) is 59.4 Å². The smallest absolute Gasteiger partial charge is 0.123 e. The van der Waals surface area contributed by atoms with E-state index in [2.05, 4.69) is 29.6 Å². The summed E-state index contributed by atoms with van der Waals surface area (Å²) in [4.78, 5) is 0. The highest BCUT2D eigenvalue weighted by molar-refractivity contribution is 5.53. The van der Waals surface area contributed by atoms with E-state index >= 15 is 0 Å². The highest BCUT2D eigenvalue weighted by atomic mass is 19.1. The lowest BCUT2D eigenvalue weighted by Gasteiger charge is -2.28. The van der Waals surface area contributed by atoms with Crippen molar-refractivity contribution in [2.24, 2.45) is 0 Å². The molecule has 2 aliphatic heterocycles. The molecule has 4 rings (SSSR count). The molecule has 108 valence electrons. The third kappa shape index (κ3) is 2.48. The summed E-state index contributed by atoms with van der Waals surface area (Å²) in [7, 11) is 0. The second-order valence-electron chi connectivity index (χ2n) is 5.97. The van der Waals surface area contributed by atoms with E-state index in [1.165, 1.54) is 17.3 Å². The number of ether oxygens (including phenoxy) is 1. The Morgan fingerprint density at radius 3 is 3.00 bits per heavy atom.